The average molecular weight is 321 g/mol. The fourth-order valence-electron chi connectivity index (χ4n) is 2.71. The maximum Gasteiger partial charge on any atom is 0.321 e. The smallest absolute Gasteiger partial charge is 0.321 e. The number of methoxy groups -OCH3 is 1. The maximum absolute atomic E-state index is 12.0. The first-order valence-electron chi connectivity index (χ1n) is 7.47. The van der Waals surface area contributed by atoms with Gasteiger partial charge in [0.1, 0.15) is 5.52 Å². The molecule has 0 saturated heterocycles. The number of pyridine rings is 3. The third-order valence-electron chi connectivity index (χ3n) is 4.02. The Morgan fingerprint density at radius 2 is 2.04 bits per heavy atom. The number of hydrogen-bond donors (Lipinski definition) is 1. The summed E-state index contributed by atoms with van der Waals surface area (Å²) in [6, 6.07) is 7.33. The summed E-state index contributed by atoms with van der Waals surface area (Å²) in [5.74, 6) is 0.550. The molecule has 0 aliphatic carbocycles. The minimum Gasteiger partial charge on any atom is -0.481 e. The molecule has 1 N–H and O–H groups in total. The molecule has 3 aromatic rings. The quantitative estimate of drug-likeness (QED) is 0.785. The molecule has 1 aliphatic rings. The number of carbonyl (C=O) groups excluding carboxylic acids is 1. The number of fused-ring (bicyclic) bond motifs is 3. The molecule has 2 amide bonds. The van der Waals surface area contributed by atoms with Crippen LogP contribution in [0, 0.1) is 0 Å². The van der Waals surface area contributed by atoms with Gasteiger partial charge in [-0.2, -0.15) is 0 Å². The van der Waals surface area contributed by atoms with Gasteiger partial charge in [-0.3, -0.25) is 4.98 Å². The van der Waals surface area contributed by atoms with Crippen LogP contribution in [0.4, 0.5) is 10.5 Å². The molecule has 0 spiro atoms. The Bertz CT molecular complexity index is 940. The SMILES string of the molecule is COc1ccc(-c2ccc3ncc4c(c3n2)NC(=O)N(C)C4)cn1. The number of aromatic nitrogens is 3. The van der Waals surface area contributed by atoms with Crippen LogP contribution in [0.25, 0.3) is 22.3 Å². The van der Waals surface area contributed by atoms with Crippen LogP contribution < -0.4 is 10.1 Å². The van der Waals surface area contributed by atoms with Gasteiger partial charge in [0.15, 0.2) is 0 Å². The Hall–Kier alpha value is -3.22. The molecule has 4 heterocycles. The third-order valence-corrected chi connectivity index (χ3v) is 4.02. The number of nitrogens with one attached hydrogen (secondary N) is 1. The number of hydrogen-bond acceptors (Lipinski definition) is 5. The predicted molar refractivity (Wildman–Crippen MR) is 89.8 cm³/mol. The van der Waals surface area contributed by atoms with Gasteiger partial charge in [0.05, 0.1) is 30.6 Å². The zero-order valence-corrected chi connectivity index (χ0v) is 13.3. The van der Waals surface area contributed by atoms with E-state index in [1.807, 2.05) is 18.2 Å². The number of nitrogens with zero attached hydrogens (tertiary/aromatic N) is 4. The van der Waals surface area contributed by atoms with Gasteiger partial charge >= 0.3 is 6.03 Å². The van der Waals surface area contributed by atoms with Gasteiger partial charge in [-0.25, -0.2) is 14.8 Å². The van der Waals surface area contributed by atoms with Crippen LogP contribution in [0.15, 0.2) is 36.7 Å². The molecule has 120 valence electrons. The first-order chi connectivity index (χ1) is 11.7. The molecule has 0 unspecified atom stereocenters. The number of anilines is 1. The lowest BCUT2D eigenvalue weighted by Gasteiger charge is -2.26. The van der Waals surface area contributed by atoms with Crippen molar-refractivity contribution < 1.29 is 9.53 Å². The summed E-state index contributed by atoms with van der Waals surface area (Å²) in [6.45, 7) is 0.514. The Balaban J connectivity index is 1.84. The van der Waals surface area contributed by atoms with E-state index < -0.39 is 0 Å². The molecule has 3 aromatic heterocycles. The molecule has 1 aliphatic heterocycles. The van der Waals surface area contributed by atoms with Crippen LogP contribution >= 0.6 is 0 Å². The van der Waals surface area contributed by atoms with Crippen LogP contribution in [0.1, 0.15) is 5.56 Å². The second kappa shape index (κ2) is 5.45. The molecule has 0 aromatic carbocycles. The molecule has 0 atom stereocenters. The highest BCUT2D eigenvalue weighted by molar-refractivity contribution is 6.01. The van der Waals surface area contributed by atoms with Crippen LogP contribution in [0.5, 0.6) is 5.88 Å². The summed E-state index contributed by atoms with van der Waals surface area (Å²) in [4.78, 5) is 26.9. The average Bonchev–Trinajstić information content (AvgIpc) is 2.62. The van der Waals surface area contributed by atoms with E-state index >= 15 is 0 Å². The number of carbonyl (C=O) groups is 1. The zero-order valence-electron chi connectivity index (χ0n) is 13.3. The molecule has 7 heteroatoms. The van der Waals surface area contributed by atoms with E-state index in [1.165, 1.54) is 0 Å². The van der Waals surface area contributed by atoms with Crippen LogP contribution in [0.2, 0.25) is 0 Å². The summed E-state index contributed by atoms with van der Waals surface area (Å²) in [7, 11) is 3.32. The molecule has 24 heavy (non-hydrogen) atoms. The van der Waals surface area contributed by atoms with Crippen molar-refractivity contribution in [1.82, 2.24) is 19.9 Å². The van der Waals surface area contributed by atoms with Crippen molar-refractivity contribution in [2.45, 2.75) is 6.54 Å². The Labute approximate surface area is 138 Å². The summed E-state index contributed by atoms with van der Waals surface area (Å²) in [5, 5.41) is 2.90. The fraction of sp³-hybridized carbons (Fsp3) is 0.176. The van der Waals surface area contributed by atoms with Crippen molar-refractivity contribution in [3.63, 3.8) is 0 Å². The Morgan fingerprint density at radius 1 is 1.17 bits per heavy atom. The summed E-state index contributed by atoms with van der Waals surface area (Å²) in [6.07, 6.45) is 3.49. The van der Waals surface area contributed by atoms with Gasteiger partial charge in [-0.1, -0.05) is 0 Å². The van der Waals surface area contributed by atoms with Crippen molar-refractivity contribution >= 4 is 22.8 Å². The molecule has 0 radical (unpaired) electrons. The second-order valence-electron chi connectivity index (χ2n) is 5.60. The van der Waals surface area contributed by atoms with Crippen LogP contribution in [-0.2, 0) is 6.54 Å². The largest absolute Gasteiger partial charge is 0.481 e. The lowest BCUT2D eigenvalue weighted by molar-refractivity contribution is 0.218. The molecule has 0 saturated carbocycles. The van der Waals surface area contributed by atoms with Crippen molar-refractivity contribution in [3.05, 3.63) is 42.2 Å². The Morgan fingerprint density at radius 3 is 2.79 bits per heavy atom. The van der Waals surface area contributed by atoms with Crippen molar-refractivity contribution in [2.24, 2.45) is 0 Å². The lowest BCUT2D eigenvalue weighted by atomic mass is 10.1. The Kier molecular flexibility index (Phi) is 3.26. The fourth-order valence-corrected chi connectivity index (χ4v) is 2.71. The van der Waals surface area contributed by atoms with E-state index in [4.69, 9.17) is 9.72 Å². The first-order valence-corrected chi connectivity index (χ1v) is 7.47. The van der Waals surface area contributed by atoms with E-state index in [-0.39, 0.29) is 6.03 Å². The van der Waals surface area contributed by atoms with E-state index in [0.717, 1.165) is 28.0 Å². The molecule has 0 fully saturated rings. The van der Waals surface area contributed by atoms with E-state index in [0.29, 0.717) is 17.9 Å². The molecular formula is C17H15N5O2. The molecule has 7 nitrogen and oxygen atoms in total. The molecule has 0 bridgehead atoms. The lowest BCUT2D eigenvalue weighted by Crippen LogP contribution is -2.35. The number of ether oxygens (including phenoxy) is 1. The van der Waals surface area contributed by atoms with Crippen molar-refractivity contribution in [1.29, 1.82) is 0 Å². The van der Waals surface area contributed by atoms with Crippen LogP contribution in [-0.4, -0.2) is 40.0 Å². The highest BCUT2D eigenvalue weighted by Gasteiger charge is 2.22. The van der Waals surface area contributed by atoms with Crippen molar-refractivity contribution in [3.8, 4) is 17.1 Å². The van der Waals surface area contributed by atoms with E-state index in [9.17, 15) is 4.79 Å². The summed E-state index contributed by atoms with van der Waals surface area (Å²) in [5.41, 5.74) is 4.73. The molecule has 4 rings (SSSR count). The number of rotatable bonds is 2. The second-order valence-corrected chi connectivity index (χ2v) is 5.60. The minimum absolute atomic E-state index is 0.145. The standard InChI is InChI=1S/C17H15N5O2/c1-22-9-11-8-18-13-5-4-12(10-3-6-14(24-2)19-7-10)20-16(13)15(11)21-17(22)23/h3-8H,9H2,1-2H3,(H,21,23). The zero-order chi connectivity index (χ0) is 16.7. The number of amides is 2. The topological polar surface area (TPSA) is 80.2 Å². The third kappa shape index (κ3) is 2.30. The van der Waals surface area contributed by atoms with E-state index in [2.05, 4.69) is 15.3 Å². The van der Waals surface area contributed by atoms with Gasteiger partial charge in [0.2, 0.25) is 5.88 Å². The van der Waals surface area contributed by atoms with Crippen molar-refractivity contribution in [2.75, 3.05) is 19.5 Å². The highest BCUT2D eigenvalue weighted by atomic mass is 16.5. The van der Waals surface area contributed by atoms with Crippen LogP contribution in [0.3, 0.4) is 0 Å². The minimum atomic E-state index is -0.145. The van der Waals surface area contributed by atoms with Gasteiger partial charge in [-0.05, 0) is 18.2 Å². The van der Waals surface area contributed by atoms with E-state index in [1.54, 1.807) is 37.5 Å². The molecular weight excluding hydrogens is 306 g/mol. The summed E-state index contributed by atoms with van der Waals surface area (Å²) >= 11 is 0. The monoisotopic (exact) mass is 321 g/mol. The van der Waals surface area contributed by atoms with Gasteiger partial charge in [0.25, 0.3) is 0 Å². The van der Waals surface area contributed by atoms with Gasteiger partial charge in [-0.15, -0.1) is 0 Å². The predicted octanol–water partition coefficient (Wildman–Crippen LogP) is 2.68. The maximum atomic E-state index is 12.0. The van der Waals surface area contributed by atoms with Gasteiger partial charge in [0, 0.05) is 36.6 Å². The summed E-state index contributed by atoms with van der Waals surface area (Å²) < 4.78 is 5.08. The number of urea groups is 1. The normalized spacial score (nSPS) is 13.6. The first kappa shape index (κ1) is 14.4. The highest BCUT2D eigenvalue weighted by Crippen LogP contribution is 2.30. The van der Waals surface area contributed by atoms with Gasteiger partial charge < -0.3 is 15.0 Å².